The Bertz CT molecular complexity index is 486. The number of hydrogen-bond donors (Lipinski definition) is 2. The van der Waals surface area contributed by atoms with Crippen LogP contribution in [0.2, 0.25) is 0 Å². The molecular formula is C16H25N3O2. The highest BCUT2D eigenvalue weighted by Crippen LogP contribution is 2.26. The molecule has 0 unspecified atom stereocenters. The van der Waals surface area contributed by atoms with Crippen molar-refractivity contribution in [3.8, 4) is 0 Å². The van der Waals surface area contributed by atoms with Crippen LogP contribution >= 0.6 is 0 Å². The van der Waals surface area contributed by atoms with Gasteiger partial charge < -0.3 is 15.8 Å². The van der Waals surface area contributed by atoms with Crippen LogP contribution < -0.4 is 11.1 Å². The van der Waals surface area contributed by atoms with Crippen molar-refractivity contribution in [3.05, 3.63) is 23.8 Å². The average molecular weight is 291 g/mol. The molecule has 0 saturated heterocycles. The lowest BCUT2D eigenvalue weighted by molar-refractivity contribution is 0.0526. The average Bonchev–Trinajstić information content (AvgIpc) is 3.30. The zero-order chi connectivity index (χ0) is 15.2. The van der Waals surface area contributed by atoms with Crippen LogP contribution in [0.3, 0.4) is 0 Å². The SMILES string of the molecule is CCOC(=O)c1ccc(NCCN(CC)C2CC2)c(N)c1. The summed E-state index contributed by atoms with van der Waals surface area (Å²) in [4.78, 5) is 14.1. The number of carbonyl (C=O) groups is 1. The monoisotopic (exact) mass is 291 g/mol. The molecule has 3 N–H and O–H groups in total. The quantitative estimate of drug-likeness (QED) is 0.568. The van der Waals surface area contributed by atoms with Gasteiger partial charge in [-0.15, -0.1) is 0 Å². The van der Waals surface area contributed by atoms with E-state index in [2.05, 4.69) is 17.1 Å². The van der Waals surface area contributed by atoms with Crippen molar-refractivity contribution >= 4 is 17.3 Å². The van der Waals surface area contributed by atoms with Crippen LogP contribution in [0.5, 0.6) is 0 Å². The van der Waals surface area contributed by atoms with Crippen LogP contribution in [0.4, 0.5) is 11.4 Å². The van der Waals surface area contributed by atoms with Gasteiger partial charge in [-0.1, -0.05) is 6.92 Å². The first-order chi connectivity index (χ1) is 10.2. The predicted molar refractivity (Wildman–Crippen MR) is 85.6 cm³/mol. The number of carbonyl (C=O) groups excluding carboxylic acids is 1. The summed E-state index contributed by atoms with van der Waals surface area (Å²) in [5.41, 5.74) is 7.94. The van der Waals surface area contributed by atoms with Gasteiger partial charge in [0.15, 0.2) is 0 Å². The van der Waals surface area contributed by atoms with E-state index in [9.17, 15) is 4.79 Å². The standard InChI is InChI=1S/C16H25N3O2/c1-3-19(13-6-7-13)10-9-18-15-8-5-12(11-14(15)17)16(20)21-4-2/h5,8,11,13,18H,3-4,6-7,9-10,17H2,1-2H3. The normalized spacial score (nSPS) is 14.2. The number of nitrogen functional groups attached to an aromatic ring is 1. The first-order valence-corrected chi connectivity index (χ1v) is 7.70. The van der Waals surface area contributed by atoms with E-state index in [0.717, 1.165) is 31.4 Å². The van der Waals surface area contributed by atoms with Crippen molar-refractivity contribution in [2.75, 3.05) is 37.3 Å². The van der Waals surface area contributed by atoms with Crippen molar-refractivity contribution in [2.24, 2.45) is 0 Å². The smallest absolute Gasteiger partial charge is 0.338 e. The second kappa shape index (κ2) is 7.31. The van der Waals surface area contributed by atoms with E-state index in [1.54, 1.807) is 19.1 Å². The van der Waals surface area contributed by atoms with Crippen molar-refractivity contribution in [1.29, 1.82) is 0 Å². The molecular weight excluding hydrogens is 266 g/mol. The summed E-state index contributed by atoms with van der Waals surface area (Å²) in [5, 5.41) is 3.34. The predicted octanol–water partition coefficient (Wildman–Crippen LogP) is 2.34. The summed E-state index contributed by atoms with van der Waals surface area (Å²) in [6.07, 6.45) is 2.65. The van der Waals surface area contributed by atoms with Gasteiger partial charge in [-0.25, -0.2) is 4.79 Å². The van der Waals surface area contributed by atoms with Crippen molar-refractivity contribution in [3.63, 3.8) is 0 Å². The van der Waals surface area contributed by atoms with E-state index in [0.29, 0.717) is 17.9 Å². The van der Waals surface area contributed by atoms with Gasteiger partial charge >= 0.3 is 5.97 Å². The largest absolute Gasteiger partial charge is 0.462 e. The molecule has 1 fully saturated rings. The van der Waals surface area contributed by atoms with Crippen molar-refractivity contribution in [2.45, 2.75) is 32.7 Å². The first kappa shape index (κ1) is 15.6. The second-order valence-electron chi connectivity index (χ2n) is 5.31. The molecule has 5 heteroatoms. The number of nitrogens with one attached hydrogen (secondary N) is 1. The summed E-state index contributed by atoms with van der Waals surface area (Å²) in [6.45, 7) is 7.31. The molecule has 0 radical (unpaired) electrons. The Morgan fingerprint density at radius 3 is 2.76 bits per heavy atom. The topological polar surface area (TPSA) is 67.6 Å². The number of anilines is 2. The molecule has 21 heavy (non-hydrogen) atoms. The zero-order valence-electron chi connectivity index (χ0n) is 12.9. The molecule has 0 heterocycles. The van der Waals surface area contributed by atoms with Gasteiger partial charge in [-0.3, -0.25) is 4.90 Å². The van der Waals surface area contributed by atoms with Crippen LogP contribution in [0.25, 0.3) is 0 Å². The Kier molecular flexibility index (Phi) is 5.44. The molecule has 1 aliphatic rings. The van der Waals surface area contributed by atoms with E-state index in [4.69, 9.17) is 10.5 Å². The first-order valence-electron chi connectivity index (χ1n) is 7.70. The van der Waals surface area contributed by atoms with Crippen LogP contribution in [0.15, 0.2) is 18.2 Å². The lowest BCUT2D eigenvalue weighted by atomic mass is 10.1. The molecule has 1 aliphatic carbocycles. The third kappa shape index (κ3) is 4.36. The number of benzene rings is 1. The van der Waals surface area contributed by atoms with E-state index >= 15 is 0 Å². The summed E-state index contributed by atoms with van der Waals surface area (Å²) in [5.74, 6) is -0.332. The number of nitrogens with zero attached hydrogens (tertiary/aromatic N) is 1. The second-order valence-corrected chi connectivity index (χ2v) is 5.31. The van der Waals surface area contributed by atoms with Gasteiger partial charge in [0.25, 0.3) is 0 Å². The van der Waals surface area contributed by atoms with Gasteiger partial charge in [0.2, 0.25) is 0 Å². The zero-order valence-corrected chi connectivity index (χ0v) is 12.9. The van der Waals surface area contributed by atoms with Crippen molar-refractivity contribution < 1.29 is 9.53 Å². The molecule has 0 atom stereocenters. The number of ether oxygens (including phenoxy) is 1. The van der Waals surface area contributed by atoms with Gasteiger partial charge in [0.05, 0.1) is 23.5 Å². The molecule has 1 saturated carbocycles. The van der Waals surface area contributed by atoms with Crippen LogP contribution in [0, 0.1) is 0 Å². The Balaban J connectivity index is 1.87. The van der Waals surface area contributed by atoms with Gasteiger partial charge in [-0.2, -0.15) is 0 Å². The number of esters is 1. The minimum atomic E-state index is -0.332. The molecule has 1 aromatic carbocycles. The molecule has 2 rings (SSSR count). The molecule has 0 bridgehead atoms. The molecule has 0 aliphatic heterocycles. The lowest BCUT2D eigenvalue weighted by Crippen LogP contribution is -2.31. The number of nitrogens with two attached hydrogens (primary N) is 1. The maximum absolute atomic E-state index is 11.6. The maximum Gasteiger partial charge on any atom is 0.338 e. The molecule has 0 aromatic heterocycles. The number of hydrogen-bond acceptors (Lipinski definition) is 5. The molecule has 116 valence electrons. The molecule has 1 aromatic rings. The third-order valence-corrected chi connectivity index (χ3v) is 3.75. The lowest BCUT2D eigenvalue weighted by Gasteiger charge is -2.20. The van der Waals surface area contributed by atoms with Crippen LogP contribution in [0.1, 0.15) is 37.0 Å². The van der Waals surface area contributed by atoms with E-state index < -0.39 is 0 Å². The van der Waals surface area contributed by atoms with Gasteiger partial charge in [0, 0.05) is 19.1 Å². The number of rotatable bonds is 8. The minimum Gasteiger partial charge on any atom is -0.462 e. The molecule has 5 nitrogen and oxygen atoms in total. The molecule has 0 spiro atoms. The summed E-state index contributed by atoms with van der Waals surface area (Å²) in [6, 6.07) is 6.03. The highest BCUT2D eigenvalue weighted by Gasteiger charge is 2.27. The van der Waals surface area contributed by atoms with Gasteiger partial charge in [-0.05, 0) is 44.5 Å². The van der Waals surface area contributed by atoms with E-state index in [-0.39, 0.29) is 5.97 Å². The van der Waals surface area contributed by atoms with Crippen LogP contribution in [-0.4, -0.2) is 43.2 Å². The minimum absolute atomic E-state index is 0.332. The summed E-state index contributed by atoms with van der Waals surface area (Å²) < 4.78 is 4.96. The molecule has 0 amide bonds. The third-order valence-electron chi connectivity index (χ3n) is 3.75. The van der Waals surface area contributed by atoms with Crippen LogP contribution in [-0.2, 0) is 4.74 Å². The summed E-state index contributed by atoms with van der Waals surface area (Å²) in [7, 11) is 0. The Labute approximate surface area is 126 Å². The van der Waals surface area contributed by atoms with Gasteiger partial charge in [0.1, 0.15) is 0 Å². The Morgan fingerprint density at radius 1 is 1.43 bits per heavy atom. The maximum atomic E-state index is 11.6. The van der Waals surface area contributed by atoms with E-state index in [1.807, 2.05) is 6.07 Å². The fourth-order valence-corrected chi connectivity index (χ4v) is 2.44. The Morgan fingerprint density at radius 2 is 2.19 bits per heavy atom. The highest BCUT2D eigenvalue weighted by molar-refractivity contribution is 5.91. The van der Waals surface area contributed by atoms with Crippen molar-refractivity contribution in [1.82, 2.24) is 4.90 Å². The van der Waals surface area contributed by atoms with E-state index in [1.165, 1.54) is 12.8 Å². The highest BCUT2D eigenvalue weighted by atomic mass is 16.5. The number of likely N-dealkylation sites (N-methyl/N-ethyl adjacent to an activating group) is 1. The fourth-order valence-electron chi connectivity index (χ4n) is 2.44. The Hall–Kier alpha value is -1.75. The fraction of sp³-hybridized carbons (Fsp3) is 0.562. The summed E-state index contributed by atoms with van der Waals surface area (Å²) >= 11 is 0.